The molecule has 4 N–H and O–H groups in total. The lowest BCUT2D eigenvalue weighted by Crippen LogP contribution is -2.61. The van der Waals surface area contributed by atoms with E-state index in [1.165, 1.54) is 11.0 Å². The average Bonchev–Trinajstić information content (AvgIpc) is 2.68. The first-order chi connectivity index (χ1) is 14.5. The summed E-state index contributed by atoms with van der Waals surface area (Å²) >= 11 is 5.81. The molecule has 0 radical (unpaired) electrons. The third-order valence-electron chi connectivity index (χ3n) is 5.66. The van der Waals surface area contributed by atoms with Gasteiger partial charge in [0, 0.05) is 30.3 Å². The molecule has 1 aromatic rings. The Morgan fingerprint density at radius 1 is 1.19 bits per heavy atom. The zero-order chi connectivity index (χ0) is 22.9. The molecule has 12 heteroatoms. The first-order valence-corrected chi connectivity index (χ1v) is 10.1. The molecule has 31 heavy (non-hydrogen) atoms. The Morgan fingerprint density at radius 3 is 2.52 bits per heavy atom. The van der Waals surface area contributed by atoms with E-state index in [1.807, 2.05) is 0 Å². The normalized spacial score (nSPS) is 24.8. The van der Waals surface area contributed by atoms with Crippen molar-refractivity contribution in [3.05, 3.63) is 28.8 Å². The van der Waals surface area contributed by atoms with Crippen molar-refractivity contribution in [3.8, 4) is 0 Å². The van der Waals surface area contributed by atoms with Crippen LogP contribution in [0.5, 0.6) is 0 Å². The van der Waals surface area contributed by atoms with Crippen molar-refractivity contribution >= 4 is 35.2 Å². The van der Waals surface area contributed by atoms with Crippen molar-refractivity contribution in [1.29, 1.82) is 0 Å². The zero-order valence-corrected chi connectivity index (χ0v) is 17.1. The molecule has 3 unspecified atom stereocenters. The number of rotatable bonds is 4. The van der Waals surface area contributed by atoms with Gasteiger partial charge in [-0.05, 0) is 37.5 Å². The maximum atomic E-state index is 13.1. The number of nitrogens with two attached hydrogens (primary N) is 1. The summed E-state index contributed by atoms with van der Waals surface area (Å²) in [6.07, 6.45) is -4.69. The molecule has 2 aliphatic rings. The van der Waals surface area contributed by atoms with E-state index in [0.717, 1.165) is 17.0 Å². The maximum Gasteiger partial charge on any atom is 0.416 e. The highest BCUT2D eigenvalue weighted by Crippen LogP contribution is 2.34. The summed E-state index contributed by atoms with van der Waals surface area (Å²) in [5.41, 5.74) is 4.58. The highest BCUT2D eigenvalue weighted by atomic mass is 35.5. The van der Waals surface area contributed by atoms with Crippen LogP contribution in [0.15, 0.2) is 18.2 Å². The van der Waals surface area contributed by atoms with Crippen LogP contribution in [-0.4, -0.2) is 64.5 Å². The summed E-state index contributed by atoms with van der Waals surface area (Å²) in [7, 11) is 0. The summed E-state index contributed by atoms with van der Waals surface area (Å²) in [6, 6.07) is 1.38. The highest BCUT2D eigenvalue weighted by molar-refractivity contribution is 6.31. The van der Waals surface area contributed by atoms with Crippen molar-refractivity contribution in [3.63, 3.8) is 0 Å². The van der Waals surface area contributed by atoms with Gasteiger partial charge in [-0.3, -0.25) is 9.59 Å². The van der Waals surface area contributed by atoms with E-state index in [-0.39, 0.29) is 30.2 Å². The van der Waals surface area contributed by atoms with Gasteiger partial charge in [-0.15, -0.1) is 0 Å². The highest BCUT2D eigenvalue weighted by Gasteiger charge is 2.43. The number of primary amides is 1. The summed E-state index contributed by atoms with van der Waals surface area (Å²) in [5, 5.41) is 12.0. The molecule has 3 rings (SSSR count). The van der Waals surface area contributed by atoms with Crippen molar-refractivity contribution in [1.82, 2.24) is 9.80 Å². The Bertz CT molecular complexity index is 882. The number of carboxylic acid groups (broad SMARTS) is 1. The monoisotopic (exact) mass is 462 g/mol. The van der Waals surface area contributed by atoms with Gasteiger partial charge in [-0.2, -0.15) is 13.2 Å². The molecule has 2 heterocycles. The second-order valence-electron chi connectivity index (χ2n) is 7.69. The van der Waals surface area contributed by atoms with Crippen LogP contribution in [-0.2, 0) is 15.8 Å². The molecule has 0 bridgehead atoms. The Morgan fingerprint density at radius 2 is 1.90 bits per heavy atom. The van der Waals surface area contributed by atoms with Crippen molar-refractivity contribution in [2.45, 2.75) is 37.5 Å². The molecule has 3 atom stereocenters. The minimum absolute atomic E-state index is 0.0438. The van der Waals surface area contributed by atoms with Gasteiger partial charge in [0.2, 0.25) is 11.8 Å². The van der Waals surface area contributed by atoms with Crippen molar-refractivity contribution < 1.29 is 32.7 Å². The first-order valence-electron chi connectivity index (χ1n) is 9.69. The molecule has 8 nitrogen and oxygen atoms in total. The molecular formula is C19H22ClF3N4O4. The molecular weight excluding hydrogens is 441 g/mol. The Labute approximate surface area is 181 Å². The molecule has 2 aliphatic heterocycles. The number of alkyl halides is 3. The van der Waals surface area contributed by atoms with E-state index in [1.54, 1.807) is 0 Å². The molecule has 0 spiro atoms. The third-order valence-corrected chi connectivity index (χ3v) is 5.88. The van der Waals surface area contributed by atoms with Gasteiger partial charge in [-0.1, -0.05) is 11.6 Å². The van der Waals surface area contributed by atoms with Crippen molar-refractivity contribution in [2.75, 3.05) is 25.0 Å². The second-order valence-corrected chi connectivity index (χ2v) is 8.13. The van der Waals surface area contributed by atoms with E-state index < -0.39 is 47.6 Å². The number of piperidine rings is 2. The fourth-order valence-electron chi connectivity index (χ4n) is 4.15. The van der Waals surface area contributed by atoms with Crippen LogP contribution in [0.2, 0.25) is 5.02 Å². The average molecular weight is 463 g/mol. The van der Waals surface area contributed by atoms with Gasteiger partial charge in [0.05, 0.1) is 17.5 Å². The number of carbonyl (C=O) groups is 3. The fraction of sp³-hybridized carbons (Fsp3) is 0.526. The lowest BCUT2D eigenvalue weighted by Gasteiger charge is -2.45. The van der Waals surface area contributed by atoms with Gasteiger partial charge < -0.3 is 26.0 Å². The van der Waals surface area contributed by atoms with Gasteiger partial charge in [0.15, 0.2) is 0 Å². The number of nitrogens with zero attached hydrogens (tertiary/aromatic N) is 2. The summed E-state index contributed by atoms with van der Waals surface area (Å²) in [5.74, 6) is -1.76. The largest absolute Gasteiger partial charge is 0.465 e. The summed E-state index contributed by atoms with van der Waals surface area (Å²) in [4.78, 5) is 39.0. The van der Waals surface area contributed by atoms with E-state index >= 15 is 0 Å². The third kappa shape index (κ3) is 5.15. The zero-order valence-electron chi connectivity index (χ0n) is 16.4. The minimum Gasteiger partial charge on any atom is -0.465 e. The predicted molar refractivity (Wildman–Crippen MR) is 105 cm³/mol. The first kappa shape index (κ1) is 23.0. The van der Waals surface area contributed by atoms with Crippen LogP contribution in [0.25, 0.3) is 0 Å². The number of hydrogen-bond donors (Lipinski definition) is 3. The Hall–Kier alpha value is -2.69. The summed E-state index contributed by atoms with van der Waals surface area (Å²) in [6.45, 7) is 0.366. The van der Waals surface area contributed by atoms with Crippen LogP contribution >= 0.6 is 11.6 Å². The quantitative estimate of drug-likeness (QED) is 0.636. The van der Waals surface area contributed by atoms with Crippen LogP contribution in [0.3, 0.4) is 0 Å². The number of anilines is 1. The second kappa shape index (κ2) is 8.81. The molecule has 1 aromatic carbocycles. The van der Waals surface area contributed by atoms with Crippen molar-refractivity contribution in [2.24, 2.45) is 11.7 Å². The van der Waals surface area contributed by atoms with E-state index in [9.17, 15) is 32.7 Å². The number of hydrogen-bond acceptors (Lipinski definition) is 4. The molecule has 170 valence electrons. The number of likely N-dealkylation sites (tertiary alicyclic amines) is 2. The molecule has 0 aromatic heterocycles. The maximum absolute atomic E-state index is 13.1. The molecule has 2 fully saturated rings. The SMILES string of the molecule is NC(=O)C1CCN(C(=O)O)CC1N1CCCC(Nc2cc(Cl)cc(C(F)(F)F)c2)C1=O. The van der Waals surface area contributed by atoms with Crippen LogP contribution < -0.4 is 11.1 Å². The number of carbonyl (C=O) groups excluding carboxylic acids is 2. The van der Waals surface area contributed by atoms with E-state index in [0.29, 0.717) is 19.4 Å². The molecule has 0 aliphatic carbocycles. The number of halogens is 4. The van der Waals surface area contributed by atoms with Gasteiger partial charge in [-0.25, -0.2) is 4.79 Å². The lowest BCUT2D eigenvalue weighted by atomic mass is 9.88. The number of benzene rings is 1. The molecule has 3 amide bonds. The van der Waals surface area contributed by atoms with Gasteiger partial charge >= 0.3 is 12.3 Å². The standard InChI is InChI=1S/C19H22ClF3N4O4/c20-11-6-10(19(21,22)23)7-12(8-11)25-14-2-1-4-27(17(14)29)15-9-26(18(30)31)5-3-13(15)16(24)28/h6-8,13-15,25H,1-5,9H2,(H2,24,28)(H,30,31). The Kier molecular flexibility index (Phi) is 6.54. The lowest BCUT2D eigenvalue weighted by molar-refractivity contribution is -0.142. The van der Waals surface area contributed by atoms with Crippen LogP contribution in [0.1, 0.15) is 24.8 Å². The van der Waals surface area contributed by atoms with Crippen LogP contribution in [0, 0.1) is 5.92 Å². The van der Waals surface area contributed by atoms with E-state index in [2.05, 4.69) is 5.32 Å². The molecule has 2 saturated heterocycles. The molecule has 0 saturated carbocycles. The van der Waals surface area contributed by atoms with E-state index in [4.69, 9.17) is 17.3 Å². The predicted octanol–water partition coefficient (Wildman–Crippen LogP) is 2.62. The summed E-state index contributed by atoms with van der Waals surface area (Å²) < 4.78 is 39.2. The number of nitrogens with one attached hydrogen (secondary N) is 1. The number of amides is 3. The van der Waals surface area contributed by atoms with Gasteiger partial charge in [0.25, 0.3) is 0 Å². The fourth-order valence-corrected chi connectivity index (χ4v) is 4.39. The van der Waals surface area contributed by atoms with Gasteiger partial charge in [0.1, 0.15) is 6.04 Å². The smallest absolute Gasteiger partial charge is 0.416 e. The minimum atomic E-state index is -4.60. The Balaban J connectivity index is 1.81. The topological polar surface area (TPSA) is 116 Å². The van der Waals surface area contributed by atoms with Crippen LogP contribution in [0.4, 0.5) is 23.7 Å².